The number of rotatable bonds is 5. The van der Waals surface area contributed by atoms with Gasteiger partial charge in [-0.25, -0.2) is 0 Å². The number of hydrogen-bond donors (Lipinski definition) is 0. The Hall–Kier alpha value is -1.35. The summed E-state index contributed by atoms with van der Waals surface area (Å²) in [6.45, 7) is 12.5. The summed E-state index contributed by atoms with van der Waals surface area (Å²) in [6, 6.07) is 10.9. The van der Waals surface area contributed by atoms with Crippen LogP contribution in [-0.4, -0.2) is 41.4 Å². The second kappa shape index (κ2) is 7.77. The molecule has 3 heteroatoms. The third-order valence-electron chi connectivity index (χ3n) is 4.92. The van der Waals surface area contributed by atoms with Crippen LogP contribution in [-0.2, 0) is 11.3 Å². The summed E-state index contributed by atoms with van der Waals surface area (Å²) < 4.78 is 0. The Bertz CT molecular complexity index is 472. The molecule has 22 heavy (non-hydrogen) atoms. The van der Waals surface area contributed by atoms with Crippen molar-refractivity contribution in [2.75, 3.05) is 19.6 Å². The minimum atomic E-state index is 0.310. The average Bonchev–Trinajstić information content (AvgIpc) is 2.48. The molecule has 1 saturated heterocycles. The Kier molecular flexibility index (Phi) is 6.01. The number of hydrogen-bond acceptors (Lipinski definition) is 2. The molecule has 2 unspecified atom stereocenters. The van der Waals surface area contributed by atoms with E-state index in [1.165, 1.54) is 5.56 Å². The van der Waals surface area contributed by atoms with Crippen LogP contribution in [0.15, 0.2) is 30.3 Å². The molecule has 1 heterocycles. The van der Waals surface area contributed by atoms with Crippen LogP contribution >= 0.6 is 0 Å². The van der Waals surface area contributed by atoms with E-state index >= 15 is 0 Å². The van der Waals surface area contributed by atoms with Crippen LogP contribution in [0.3, 0.4) is 0 Å². The molecule has 0 saturated carbocycles. The zero-order valence-corrected chi connectivity index (χ0v) is 14.5. The van der Waals surface area contributed by atoms with E-state index in [9.17, 15) is 4.79 Å². The van der Waals surface area contributed by atoms with E-state index in [2.05, 4.69) is 67.8 Å². The molecule has 1 amide bonds. The summed E-state index contributed by atoms with van der Waals surface area (Å²) in [6.07, 6.45) is 0.681. The molecule has 0 aliphatic carbocycles. The molecule has 0 spiro atoms. The smallest absolute Gasteiger partial charge is 0.223 e. The van der Waals surface area contributed by atoms with Crippen LogP contribution in [0.4, 0.5) is 0 Å². The van der Waals surface area contributed by atoms with E-state index in [0.717, 1.165) is 26.2 Å². The highest BCUT2D eigenvalue weighted by Crippen LogP contribution is 2.19. The van der Waals surface area contributed by atoms with Crippen molar-refractivity contribution >= 4 is 5.91 Å². The van der Waals surface area contributed by atoms with Gasteiger partial charge in [0.2, 0.25) is 5.91 Å². The topological polar surface area (TPSA) is 23.6 Å². The molecule has 1 fully saturated rings. The molecule has 0 bridgehead atoms. The first-order valence-corrected chi connectivity index (χ1v) is 8.53. The average molecular weight is 302 g/mol. The van der Waals surface area contributed by atoms with Crippen LogP contribution in [0.2, 0.25) is 0 Å². The summed E-state index contributed by atoms with van der Waals surface area (Å²) >= 11 is 0. The number of carbonyl (C=O) groups is 1. The standard InChI is InChI=1S/C19H30N2O/c1-15(2)16(3)12-19(22)21-11-10-20(13-17(21)4)14-18-8-6-5-7-9-18/h5-9,15-17H,10-14H2,1-4H3. The molecule has 2 atom stereocenters. The van der Waals surface area contributed by atoms with E-state index in [-0.39, 0.29) is 0 Å². The molecule has 1 aromatic carbocycles. The van der Waals surface area contributed by atoms with Crippen LogP contribution in [0.5, 0.6) is 0 Å². The van der Waals surface area contributed by atoms with Crippen molar-refractivity contribution < 1.29 is 4.79 Å². The van der Waals surface area contributed by atoms with E-state index in [1.807, 2.05) is 0 Å². The maximum absolute atomic E-state index is 12.5. The van der Waals surface area contributed by atoms with Crippen LogP contribution in [0.25, 0.3) is 0 Å². The Balaban J connectivity index is 1.86. The number of amides is 1. The minimum absolute atomic E-state index is 0.310. The highest BCUT2D eigenvalue weighted by Gasteiger charge is 2.28. The van der Waals surface area contributed by atoms with Crippen molar-refractivity contribution in [1.29, 1.82) is 0 Å². The van der Waals surface area contributed by atoms with Gasteiger partial charge in [0.05, 0.1) is 0 Å². The van der Waals surface area contributed by atoms with Gasteiger partial charge in [0.25, 0.3) is 0 Å². The van der Waals surface area contributed by atoms with E-state index in [0.29, 0.717) is 30.2 Å². The second-order valence-corrected chi connectivity index (χ2v) is 7.08. The molecule has 122 valence electrons. The predicted molar refractivity (Wildman–Crippen MR) is 91.5 cm³/mol. The number of benzene rings is 1. The monoisotopic (exact) mass is 302 g/mol. The third-order valence-corrected chi connectivity index (χ3v) is 4.92. The lowest BCUT2D eigenvalue weighted by Gasteiger charge is -2.40. The molecule has 1 aromatic rings. The van der Waals surface area contributed by atoms with E-state index in [4.69, 9.17) is 0 Å². The summed E-state index contributed by atoms with van der Waals surface area (Å²) in [5, 5.41) is 0. The van der Waals surface area contributed by atoms with Crippen LogP contribution < -0.4 is 0 Å². The lowest BCUT2D eigenvalue weighted by Crippen LogP contribution is -2.53. The maximum Gasteiger partial charge on any atom is 0.223 e. The molecule has 0 aromatic heterocycles. The largest absolute Gasteiger partial charge is 0.337 e. The highest BCUT2D eigenvalue weighted by atomic mass is 16.2. The first-order chi connectivity index (χ1) is 10.5. The van der Waals surface area contributed by atoms with Crippen molar-refractivity contribution in [3.63, 3.8) is 0 Å². The lowest BCUT2D eigenvalue weighted by atomic mass is 9.94. The van der Waals surface area contributed by atoms with Crippen molar-refractivity contribution in [1.82, 2.24) is 9.80 Å². The Morgan fingerprint density at radius 2 is 1.86 bits per heavy atom. The molecular formula is C19H30N2O. The first kappa shape index (κ1) is 17.0. The highest BCUT2D eigenvalue weighted by molar-refractivity contribution is 5.76. The molecule has 0 N–H and O–H groups in total. The van der Waals surface area contributed by atoms with Gasteiger partial charge in [-0.05, 0) is 24.3 Å². The number of nitrogens with zero attached hydrogens (tertiary/aromatic N) is 2. The van der Waals surface area contributed by atoms with Crippen molar-refractivity contribution in [3.8, 4) is 0 Å². The maximum atomic E-state index is 12.5. The zero-order chi connectivity index (χ0) is 16.1. The summed E-state index contributed by atoms with van der Waals surface area (Å²) in [7, 11) is 0. The van der Waals surface area contributed by atoms with Gasteiger partial charge in [0.1, 0.15) is 0 Å². The molecule has 3 nitrogen and oxygen atoms in total. The molecule has 1 aliphatic rings. The summed E-state index contributed by atoms with van der Waals surface area (Å²) in [5.41, 5.74) is 1.35. The van der Waals surface area contributed by atoms with Gasteiger partial charge in [0.15, 0.2) is 0 Å². The van der Waals surface area contributed by atoms with Crippen LogP contribution in [0.1, 0.15) is 39.7 Å². The Morgan fingerprint density at radius 1 is 1.18 bits per heavy atom. The van der Waals surface area contributed by atoms with E-state index in [1.54, 1.807) is 0 Å². The lowest BCUT2D eigenvalue weighted by molar-refractivity contribution is -0.137. The second-order valence-electron chi connectivity index (χ2n) is 7.08. The number of piperazine rings is 1. The summed E-state index contributed by atoms with van der Waals surface area (Å²) in [5.74, 6) is 1.36. The minimum Gasteiger partial charge on any atom is -0.337 e. The van der Waals surface area contributed by atoms with Gasteiger partial charge >= 0.3 is 0 Å². The van der Waals surface area contributed by atoms with Crippen LogP contribution in [0, 0.1) is 11.8 Å². The Labute approximate surface area is 135 Å². The molecule has 1 aliphatic heterocycles. The first-order valence-electron chi connectivity index (χ1n) is 8.53. The molecular weight excluding hydrogens is 272 g/mol. The van der Waals surface area contributed by atoms with Gasteiger partial charge in [-0.1, -0.05) is 51.1 Å². The van der Waals surface area contributed by atoms with Crippen molar-refractivity contribution in [3.05, 3.63) is 35.9 Å². The fourth-order valence-electron chi connectivity index (χ4n) is 3.02. The molecule has 0 radical (unpaired) electrons. The van der Waals surface area contributed by atoms with Gasteiger partial charge in [0, 0.05) is 38.6 Å². The number of carbonyl (C=O) groups excluding carboxylic acids is 1. The third kappa shape index (κ3) is 4.57. The van der Waals surface area contributed by atoms with Gasteiger partial charge < -0.3 is 4.90 Å². The van der Waals surface area contributed by atoms with Crippen molar-refractivity contribution in [2.24, 2.45) is 11.8 Å². The van der Waals surface area contributed by atoms with E-state index < -0.39 is 0 Å². The normalized spacial score (nSPS) is 21.1. The fourth-order valence-corrected chi connectivity index (χ4v) is 3.02. The SMILES string of the molecule is CC(C)C(C)CC(=O)N1CCN(Cc2ccccc2)CC1C. The Morgan fingerprint density at radius 3 is 2.45 bits per heavy atom. The fraction of sp³-hybridized carbons (Fsp3) is 0.632. The van der Waals surface area contributed by atoms with Gasteiger partial charge in [-0.15, -0.1) is 0 Å². The van der Waals surface area contributed by atoms with Gasteiger partial charge in [-0.2, -0.15) is 0 Å². The predicted octanol–water partition coefficient (Wildman–Crippen LogP) is 3.40. The summed E-state index contributed by atoms with van der Waals surface area (Å²) in [4.78, 5) is 17.0. The zero-order valence-electron chi connectivity index (χ0n) is 14.5. The van der Waals surface area contributed by atoms with Crippen molar-refractivity contribution in [2.45, 2.75) is 46.7 Å². The molecule has 2 rings (SSSR count). The van der Waals surface area contributed by atoms with Gasteiger partial charge in [-0.3, -0.25) is 9.69 Å². The quantitative estimate of drug-likeness (QED) is 0.832.